The zero-order valence-electron chi connectivity index (χ0n) is 17.3. The molecule has 0 atom stereocenters. The van der Waals surface area contributed by atoms with Crippen molar-refractivity contribution in [2.45, 2.75) is 39.2 Å². The minimum atomic E-state index is -0.0959. The Labute approximate surface area is 180 Å². The van der Waals surface area contributed by atoms with E-state index in [0.29, 0.717) is 31.1 Å². The molecule has 1 saturated heterocycles. The topological polar surface area (TPSA) is 83.6 Å². The molecule has 0 saturated carbocycles. The fourth-order valence-electron chi connectivity index (χ4n) is 3.97. The zero-order valence-corrected chi connectivity index (χ0v) is 18.1. The number of fused-ring (bicyclic) bond motifs is 1. The lowest BCUT2D eigenvalue weighted by molar-refractivity contribution is -0.123. The molecule has 1 fully saturated rings. The highest BCUT2D eigenvalue weighted by Gasteiger charge is 2.20. The average molecular weight is 429 g/mol. The van der Waals surface area contributed by atoms with Crippen LogP contribution in [0.3, 0.4) is 0 Å². The summed E-state index contributed by atoms with van der Waals surface area (Å²) < 4.78 is 5.65. The first-order valence-electron chi connectivity index (χ1n) is 10.5. The summed E-state index contributed by atoms with van der Waals surface area (Å²) in [5, 5.41) is 9.11. The fourth-order valence-corrected chi connectivity index (χ4v) is 4.57. The lowest BCUT2D eigenvalue weighted by Gasteiger charge is -2.31. The van der Waals surface area contributed by atoms with Crippen molar-refractivity contribution in [2.24, 2.45) is 5.92 Å². The predicted octanol–water partition coefficient (Wildman–Crippen LogP) is 2.74. The molecular weight excluding hydrogens is 400 g/mol. The largest absolute Gasteiger partial charge is 0.484 e. The summed E-state index contributed by atoms with van der Waals surface area (Å²) in [5.41, 5.74) is 3.04. The fraction of sp³-hybridized carbons (Fsp3) is 0.500. The molecule has 2 aliphatic heterocycles. The van der Waals surface area contributed by atoms with E-state index in [0.717, 1.165) is 54.4 Å². The van der Waals surface area contributed by atoms with Crippen molar-refractivity contribution >= 4 is 28.8 Å². The summed E-state index contributed by atoms with van der Waals surface area (Å²) in [6.45, 7) is 5.74. The van der Waals surface area contributed by atoms with Gasteiger partial charge in [0.2, 0.25) is 5.91 Å². The maximum Gasteiger partial charge on any atom is 0.257 e. The number of nitrogens with zero attached hydrogens (tertiary/aromatic N) is 2. The number of aryl methyl sites for hydroxylation is 2. The number of rotatable bonds is 7. The maximum absolute atomic E-state index is 12.2. The SMILES string of the molecule is Cc1nc(CN2CCC(CNC(=O)COc3ccc4c(c3)CCC(=O)N4)CC2)cs1. The Kier molecular flexibility index (Phi) is 6.64. The van der Waals surface area contributed by atoms with Crippen molar-refractivity contribution in [2.75, 3.05) is 31.6 Å². The molecule has 0 spiro atoms. The predicted molar refractivity (Wildman–Crippen MR) is 117 cm³/mol. The second-order valence-electron chi connectivity index (χ2n) is 8.04. The molecule has 30 heavy (non-hydrogen) atoms. The molecule has 2 aromatic rings. The van der Waals surface area contributed by atoms with E-state index in [1.807, 2.05) is 19.1 Å². The van der Waals surface area contributed by atoms with Gasteiger partial charge in [0.15, 0.2) is 6.61 Å². The highest BCUT2D eigenvalue weighted by molar-refractivity contribution is 7.09. The van der Waals surface area contributed by atoms with Crippen LogP contribution in [0, 0.1) is 12.8 Å². The van der Waals surface area contributed by atoms with Gasteiger partial charge in [0.1, 0.15) is 5.75 Å². The number of hydrogen-bond acceptors (Lipinski definition) is 6. The quantitative estimate of drug-likeness (QED) is 0.709. The molecule has 0 bridgehead atoms. The third kappa shape index (κ3) is 5.58. The molecule has 7 nitrogen and oxygen atoms in total. The lowest BCUT2D eigenvalue weighted by Crippen LogP contribution is -2.39. The minimum Gasteiger partial charge on any atom is -0.484 e. The van der Waals surface area contributed by atoms with Crippen LogP contribution in [0.2, 0.25) is 0 Å². The number of nitrogens with one attached hydrogen (secondary N) is 2. The highest BCUT2D eigenvalue weighted by Crippen LogP contribution is 2.26. The first-order valence-corrected chi connectivity index (χ1v) is 11.4. The molecule has 4 rings (SSSR count). The lowest BCUT2D eigenvalue weighted by atomic mass is 9.96. The van der Waals surface area contributed by atoms with Crippen LogP contribution in [0.15, 0.2) is 23.6 Å². The molecule has 3 heterocycles. The standard InChI is InChI=1S/C22H28N4O3S/c1-15-24-18(14-30-15)12-26-8-6-16(7-9-26)11-23-22(28)13-29-19-3-4-20-17(10-19)2-5-21(27)25-20/h3-4,10,14,16H,2,5-9,11-13H2,1H3,(H,23,28)(H,25,27). The Hall–Kier alpha value is -2.45. The number of benzene rings is 1. The van der Waals surface area contributed by atoms with Gasteiger partial charge in [0.05, 0.1) is 10.7 Å². The van der Waals surface area contributed by atoms with Gasteiger partial charge in [-0.25, -0.2) is 4.98 Å². The van der Waals surface area contributed by atoms with Gasteiger partial charge in [-0.2, -0.15) is 0 Å². The minimum absolute atomic E-state index is 0.00711. The van der Waals surface area contributed by atoms with E-state index in [4.69, 9.17) is 4.74 Å². The Morgan fingerprint density at radius 2 is 2.17 bits per heavy atom. The van der Waals surface area contributed by atoms with E-state index >= 15 is 0 Å². The van der Waals surface area contributed by atoms with Gasteiger partial charge in [-0.3, -0.25) is 14.5 Å². The molecule has 8 heteroatoms. The smallest absolute Gasteiger partial charge is 0.257 e. The molecule has 2 amide bonds. The van der Waals surface area contributed by atoms with Gasteiger partial charge >= 0.3 is 0 Å². The molecule has 1 aromatic heterocycles. The van der Waals surface area contributed by atoms with Crippen LogP contribution in [0.1, 0.15) is 35.5 Å². The van der Waals surface area contributed by atoms with Crippen LogP contribution in [-0.2, 0) is 22.6 Å². The van der Waals surface area contributed by atoms with Crippen LogP contribution >= 0.6 is 11.3 Å². The number of likely N-dealkylation sites (tertiary alicyclic amines) is 1. The maximum atomic E-state index is 12.2. The zero-order chi connectivity index (χ0) is 20.9. The number of anilines is 1. The molecule has 160 valence electrons. The number of aromatic nitrogens is 1. The van der Waals surface area contributed by atoms with Crippen LogP contribution in [0.4, 0.5) is 5.69 Å². The Morgan fingerprint density at radius 1 is 1.33 bits per heavy atom. The number of carbonyl (C=O) groups excluding carboxylic acids is 2. The van der Waals surface area contributed by atoms with Gasteiger partial charge in [-0.05, 0) is 69.0 Å². The number of amides is 2. The molecule has 2 N–H and O–H groups in total. The van der Waals surface area contributed by atoms with Crippen LogP contribution < -0.4 is 15.4 Å². The molecule has 0 unspecified atom stereocenters. The van der Waals surface area contributed by atoms with Gasteiger partial charge in [0, 0.05) is 30.6 Å². The second-order valence-corrected chi connectivity index (χ2v) is 9.10. The number of piperidine rings is 1. The molecule has 1 aromatic carbocycles. The summed E-state index contributed by atoms with van der Waals surface area (Å²) in [6, 6.07) is 5.53. The van der Waals surface area contributed by atoms with E-state index in [1.165, 1.54) is 0 Å². The summed E-state index contributed by atoms with van der Waals surface area (Å²) in [4.78, 5) is 30.6. The Bertz CT molecular complexity index is 906. The van der Waals surface area contributed by atoms with Gasteiger partial charge in [-0.1, -0.05) is 0 Å². The van der Waals surface area contributed by atoms with Crippen LogP contribution in [0.5, 0.6) is 5.75 Å². The number of thiazole rings is 1. The van der Waals surface area contributed by atoms with E-state index in [-0.39, 0.29) is 18.4 Å². The van der Waals surface area contributed by atoms with Crippen LogP contribution in [-0.4, -0.2) is 47.9 Å². The van der Waals surface area contributed by atoms with E-state index in [1.54, 1.807) is 17.4 Å². The van der Waals surface area contributed by atoms with Crippen LogP contribution in [0.25, 0.3) is 0 Å². The number of hydrogen-bond donors (Lipinski definition) is 2. The second kappa shape index (κ2) is 9.57. The highest BCUT2D eigenvalue weighted by atomic mass is 32.1. The average Bonchev–Trinajstić information content (AvgIpc) is 3.16. The van der Waals surface area contributed by atoms with Crippen molar-refractivity contribution in [3.8, 4) is 5.75 Å². The Morgan fingerprint density at radius 3 is 2.93 bits per heavy atom. The summed E-state index contributed by atoms with van der Waals surface area (Å²) in [6.07, 6.45) is 3.35. The monoisotopic (exact) mass is 428 g/mol. The van der Waals surface area contributed by atoms with Gasteiger partial charge in [-0.15, -0.1) is 11.3 Å². The van der Waals surface area contributed by atoms with Crippen molar-refractivity contribution in [3.63, 3.8) is 0 Å². The van der Waals surface area contributed by atoms with Crippen molar-refractivity contribution in [1.82, 2.24) is 15.2 Å². The first kappa shape index (κ1) is 20.8. The number of carbonyl (C=O) groups is 2. The van der Waals surface area contributed by atoms with Crippen molar-refractivity contribution in [3.05, 3.63) is 39.8 Å². The summed E-state index contributed by atoms with van der Waals surface area (Å²) in [7, 11) is 0. The summed E-state index contributed by atoms with van der Waals surface area (Å²) >= 11 is 1.70. The van der Waals surface area contributed by atoms with Gasteiger partial charge < -0.3 is 15.4 Å². The number of ether oxygens (including phenoxy) is 1. The molecule has 2 aliphatic rings. The molecule has 0 aliphatic carbocycles. The van der Waals surface area contributed by atoms with E-state index in [9.17, 15) is 9.59 Å². The molecule has 0 radical (unpaired) electrons. The third-order valence-electron chi connectivity index (χ3n) is 5.69. The molecular formula is C22H28N4O3S. The first-order chi connectivity index (χ1) is 14.5. The van der Waals surface area contributed by atoms with Gasteiger partial charge in [0.25, 0.3) is 5.91 Å². The van der Waals surface area contributed by atoms with E-state index in [2.05, 4.69) is 25.9 Å². The van der Waals surface area contributed by atoms with Crippen molar-refractivity contribution in [1.29, 1.82) is 0 Å². The normalized spacial score (nSPS) is 17.3. The Balaban J connectivity index is 1.15. The van der Waals surface area contributed by atoms with Crippen molar-refractivity contribution < 1.29 is 14.3 Å². The summed E-state index contributed by atoms with van der Waals surface area (Å²) in [5.74, 6) is 1.11. The third-order valence-corrected chi connectivity index (χ3v) is 6.51. The van der Waals surface area contributed by atoms with E-state index < -0.39 is 0 Å².